The highest BCUT2D eigenvalue weighted by molar-refractivity contribution is 5.93. The van der Waals surface area contributed by atoms with Gasteiger partial charge in [-0.25, -0.2) is 4.79 Å². The monoisotopic (exact) mass is 384 g/mol. The quantitative estimate of drug-likeness (QED) is 0.532. The number of fused-ring (bicyclic) bond motifs is 1. The van der Waals surface area contributed by atoms with Gasteiger partial charge < -0.3 is 15.8 Å². The van der Waals surface area contributed by atoms with E-state index in [4.69, 9.17) is 10.5 Å². The second-order valence-corrected chi connectivity index (χ2v) is 6.91. The molecule has 7 nitrogen and oxygen atoms in total. The van der Waals surface area contributed by atoms with Crippen molar-refractivity contribution in [1.29, 1.82) is 0 Å². The highest BCUT2D eigenvalue weighted by Crippen LogP contribution is 2.16. The molecule has 1 atom stereocenters. The molecule has 0 bridgehead atoms. The molecular weight excluding hydrogens is 360 g/mol. The Morgan fingerprint density at radius 2 is 1.68 bits per heavy atom. The van der Waals surface area contributed by atoms with Crippen LogP contribution >= 0.6 is 0 Å². The zero-order chi connectivity index (χ0) is 20.7. The first kappa shape index (κ1) is 21.1. The maximum Gasteiger partial charge on any atom is 0.336 e. The number of hydrogen-bond donors (Lipinski definition) is 2. The number of amides is 2. The van der Waals surface area contributed by atoms with E-state index in [1.165, 1.54) is 0 Å². The summed E-state index contributed by atoms with van der Waals surface area (Å²) in [5.41, 5.74) is 5.77. The molecule has 0 fully saturated rings. The summed E-state index contributed by atoms with van der Waals surface area (Å²) >= 11 is 0. The number of primary amides is 1. The molecule has 0 unspecified atom stereocenters. The fraction of sp³-hybridized carbons (Fsp3) is 0.333. The van der Waals surface area contributed by atoms with Gasteiger partial charge in [0.05, 0.1) is 12.8 Å². The van der Waals surface area contributed by atoms with Crippen molar-refractivity contribution in [3.8, 4) is 0 Å². The van der Waals surface area contributed by atoms with Crippen molar-refractivity contribution in [1.82, 2.24) is 5.32 Å². The van der Waals surface area contributed by atoms with Gasteiger partial charge >= 0.3 is 11.9 Å². The van der Waals surface area contributed by atoms with Crippen molar-refractivity contribution in [3.05, 3.63) is 48.0 Å². The van der Waals surface area contributed by atoms with Crippen molar-refractivity contribution < 1.29 is 23.9 Å². The molecule has 2 rings (SSSR count). The van der Waals surface area contributed by atoms with Gasteiger partial charge in [0, 0.05) is 6.42 Å². The summed E-state index contributed by atoms with van der Waals surface area (Å²) in [4.78, 5) is 47.0. The summed E-state index contributed by atoms with van der Waals surface area (Å²) in [5.74, 6) is -2.99. The van der Waals surface area contributed by atoms with Gasteiger partial charge in [0.15, 0.2) is 0 Å². The lowest BCUT2D eigenvalue weighted by molar-refractivity contribution is -0.163. The number of carbonyl (C=O) groups excluding carboxylic acids is 4. The summed E-state index contributed by atoms with van der Waals surface area (Å²) < 4.78 is 4.73. The van der Waals surface area contributed by atoms with Gasteiger partial charge in [-0.3, -0.25) is 14.4 Å². The Morgan fingerprint density at radius 3 is 2.32 bits per heavy atom. The molecule has 2 amide bonds. The number of carbonyl (C=O) groups is 4. The number of ether oxygens (including phenoxy) is 1. The SMILES string of the molecule is CC(C)[C@H](NC(=O)Cc1ccc2ccccc2c1)C(=O)OC(=O)CCC(N)=O. The average Bonchev–Trinajstić information content (AvgIpc) is 2.64. The molecule has 0 aliphatic carbocycles. The molecule has 2 aromatic rings. The van der Waals surface area contributed by atoms with Crippen molar-refractivity contribution in [2.45, 2.75) is 39.2 Å². The van der Waals surface area contributed by atoms with Crippen LogP contribution in [0.4, 0.5) is 0 Å². The number of nitrogens with two attached hydrogens (primary N) is 1. The predicted octanol–water partition coefficient (Wildman–Crippen LogP) is 1.86. The van der Waals surface area contributed by atoms with Gasteiger partial charge in [0.1, 0.15) is 6.04 Å². The Morgan fingerprint density at radius 1 is 1.00 bits per heavy atom. The molecule has 2 aromatic carbocycles. The zero-order valence-electron chi connectivity index (χ0n) is 15.9. The van der Waals surface area contributed by atoms with E-state index in [1.54, 1.807) is 13.8 Å². The highest BCUT2D eigenvalue weighted by atomic mass is 16.6. The summed E-state index contributed by atoms with van der Waals surface area (Å²) in [7, 11) is 0. The Kier molecular flexibility index (Phi) is 7.26. The van der Waals surface area contributed by atoms with Crippen LogP contribution in [0, 0.1) is 5.92 Å². The summed E-state index contributed by atoms with van der Waals surface area (Å²) in [5, 5.41) is 4.72. The third kappa shape index (κ3) is 6.19. The van der Waals surface area contributed by atoms with E-state index in [0.717, 1.165) is 16.3 Å². The molecule has 0 heterocycles. The molecular formula is C21H24N2O5. The average molecular weight is 384 g/mol. The van der Waals surface area contributed by atoms with Crippen molar-refractivity contribution in [3.63, 3.8) is 0 Å². The van der Waals surface area contributed by atoms with Crippen LogP contribution in [0.1, 0.15) is 32.3 Å². The first-order valence-corrected chi connectivity index (χ1v) is 9.06. The maximum atomic E-state index is 12.4. The number of benzene rings is 2. The van der Waals surface area contributed by atoms with E-state index in [2.05, 4.69) is 5.32 Å². The molecule has 0 aliphatic rings. The van der Waals surface area contributed by atoms with Crippen LogP contribution < -0.4 is 11.1 Å². The smallest absolute Gasteiger partial charge is 0.336 e. The second kappa shape index (κ2) is 9.64. The van der Waals surface area contributed by atoms with Crippen LogP contribution in [0.5, 0.6) is 0 Å². The fourth-order valence-electron chi connectivity index (χ4n) is 2.71. The number of rotatable bonds is 8. The molecule has 148 valence electrons. The molecule has 0 aliphatic heterocycles. The van der Waals surface area contributed by atoms with Crippen LogP contribution in [-0.2, 0) is 30.3 Å². The van der Waals surface area contributed by atoms with E-state index < -0.39 is 23.9 Å². The predicted molar refractivity (Wildman–Crippen MR) is 104 cm³/mol. The van der Waals surface area contributed by atoms with E-state index in [9.17, 15) is 19.2 Å². The molecule has 0 saturated carbocycles. The molecule has 0 radical (unpaired) electrons. The largest absolute Gasteiger partial charge is 0.392 e. The Balaban J connectivity index is 1.98. The normalized spacial score (nSPS) is 11.8. The first-order chi connectivity index (χ1) is 13.3. The van der Waals surface area contributed by atoms with Crippen LogP contribution in [0.2, 0.25) is 0 Å². The van der Waals surface area contributed by atoms with Gasteiger partial charge in [-0.15, -0.1) is 0 Å². The van der Waals surface area contributed by atoms with E-state index >= 15 is 0 Å². The van der Waals surface area contributed by atoms with Crippen LogP contribution in [-0.4, -0.2) is 29.8 Å². The number of esters is 2. The molecule has 0 spiro atoms. The minimum Gasteiger partial charge on any atom is -0.392 e. The molecule has 3 N–H and O–H groups in total. The van der Waals surface area contributed by atoms with E-state index in [1.807, 2.05) is 42.5 Å². The zero-order valence-corrected chi connectivity index (χ0v) is 15.9. The highest BCUT2D eigenvalue weighted by Gasteiger charge is 2.27. The van der Waals surface area contributed by atoms with Gasteiger partial charge in [-0.05, 0) is 22.3 Å². The van der Waals surface area contributed by atoms with E-state index in [-0.39, 0.29) is 31.1 Å². The molecule has 7 heteroatoms. The summed E-state index contributed by atoms with van der Waals surface area (Å²) in [6.45, 7) is 3.46. The van der Waals surface area contributed by atoms with Crippen molar-refractivity contribution in [2.24, 2.45) is 11.7 Å². The maximum absolute atomic E-state index is 12.4. The lowest BCUT2D eigenvalue weighted by atomic mass is 10.0. The minimum atomic E-state index is -0.967. The third-order valence-electron chi connectivity index (χ3n) is 4.21. The Bertz CT molecular complexity index is 891. The molecule has 28 heavy (non-hydrogen) atoms. The van der Waals surface area contributed by atoms with Gasteiger partial charge in [-0.1, -0.05) is 56.3 Å². The van der Waals surface area contributed by atoms with Gasteiger partial charge in [0.25, 0.3) is 0 Å². The molecule has 0 saturated heterocycles. The van der Waals surface area contributed by atoms with Crippen LogP contribution in [0.15, 0.2) is 42.5 Å². The summed E-state index contributed by atoms with van der Waals surface area (Å²) in [6, 6.07) is 12.6. The number of nitrogens with one attached hydrogen (secondary N) is 1. The second-order valence-electron chi connectivity index (χ2n) is 6.91. The van der Waals surface area contributed by atoms with Gasteiger partial charge in [-0.2, -0.15) is 0 Å². The standard InChI is InChI=1S/C21H24N2O5/c1-13(2)20(21(27)28-19(26)10-9-17(22)24)23-18(25)12-14-7-8-15-5-3-4-6-16(15)11-14/h3-8,11,13,20H,9-10,12H2,1-2H3,(H2,22,24)(H,23,25)/t20-/m0/s1. The van der Waals surface area contributed by atoms with E-state index in [0.29, 0.717) is 0 Å². The lowest BCUT2D eigenvalue weighted by Gasteiger charge is -2.20. The fourth-order valence-corrected chi connectivity index (χ4v) is 2.71. The van der Waals surface area contributed by atoms with Crippen LogP contribution in [0.25, 0.3) is 10.8 Å². The number of hydrogen-bond acceptors (Lipinski definition) is 5. The molecule has 0 aromatic heterocycles. The lowest BCUT2D eigenvalue weighted by Crippen LogP contribution is -2.46. The Hall–Kier alpha value is -3.22. The summed E-state index contributed by atoms with van der Waals surface area (Å²) in [6.07, 6.45) is -0.388. The van der Waals surface area contributed by atoms with Crippen LogP contribution in [0.3, 0.4) is 0 Å². The van der Waals surface area contributed by atoms with Gasteiger partial charge in [0.2, 0.25) is 11.8 Å². The minimum absolute atomic E-state index is 0.0942. The Labute approximate surface area is 163 Å². The first-order valence-electron chi connectivity index (χ1n) is 9.06. The topological polar surface area (TPSA) is 116 Å². The third-order valence-corrected chi connectivity index (χ3v) is 4.21. The van der Waals surface area contributed by atoms with Crippen molar-refractivity contribution in [2.75, 3.05) is 0 Å². The van der Waals surface area contributed by atoms with Crippen molar-refractivity contribution >= 4 is 34.5 Å².